The monoisotopic (exact) mass is 483 g/mol. The first-order chi connectivity index (χ1) is 15.3. The molecule has 0 spiro atoms. The fraction of sp³-hybridized carbons (Fsp3) is 0.429. The number of aromatic nitrogens is 1. The number of rotatable bonds is 12. The second-order valence-electron chi connectivity index (χ2n) is 6.52. The third-order valence-electron chi connectivity index (χ3n) is 4.62. The van der Waals surface area contributed by atoms with E-state index in [2.05, 4.69) is 10.3 Å². The maximum atomic E-state index is 12.5. The van der Waals surface area contributed by atoms with E-state index in [4.69, 9.17) is 14.2 Å². The van der Waals surface area contributed by atoms with Crippen LogP contribution in [0.25, 0.3) is 0 Å². The number of carbonyl (C=O) groups excluding carboxylic acids is 1. The molecule has 1 heterocycles. The lowest BCUT2D eigenvalue weighted by atomic mass is 10.2. The fourth-order valence-corrected chi connectivity index (χ4v) is 5.02. The molecule has 0 radical (unpaired) electrons. The number of nitrogens with one attached hydrogen (secondary N) is 1. The Labute approximate surface area is 193 Å². The number of thioether (sulfide) groups is 1. The van der Waals surface area contributed by atoms with Gasteiger partial charge in [-0.05, 0) is 29.8 Å². The van der Waals surface area contributed by atoms with Crippen molar-refractivity contribution in [2.45, 2.75) is 30.3 Å². The standard InChI is InChI=1S/C21H29N3O6S2/c1-6-24(7-2)32(26,27)16-8-9-20(23-13-16)31-14-19(25)22-12-15-10-17(28-3)21(30-5)18(11-15)29-4/h8-11,13H,6-7,12,14H2,1-5H3,(H,22,25). The summed E-state index contributed by atoms with van der Waals surface area (Å²) in [6, 6.07) is 6.65. The van der Waals surface area contributed by atoms with Crippen LogP contribution in [-0.2, 0) is 21.4 Å². The van der Waals surface area contributed by atoms with Gasteiger partial charge in [0.15, 0.2) is 11.5 Å². The number of sulfonamides is 1. The zero-order valence-corrected chi connectivity index (χ0v) is 20.5. The molecule has 2 rings (SSSR count). The summed E-state index contributed by atoms with van der Waals surface area (Å²) in [5, 5.41) is 3.39. The Morgan fingerprint density at radius 3 is 2.16 bits per heavy atom. The van der Waals surface area contributed by atoms with Gasteiger partial charge in [-0.25, -0.2) is 13.4 Å². The van der Waals surface area contributed by atoms with Gasteiger partial charge in [-0.1, -0.05) is 25.6 Å². The quantitative estimate of drug-likeness (QED) is 0.459. The molecule has 9 nitrogen and oxygen atoms in total. The summed E-state index contributed by atoms with van der Waals surface area (Å²) in [5.74, 6) is 1.45. The summed E-state index contributed by atoms with van der Waals surface area (Å²) in [6.07, 6.45) is 1.32. The molecule has 1 N–H and O–H groups in total. The van der Waals surface area contributed by atoms with E-state index in [9.17, 15) is 13.2 Å². The van der Waals surface area contributed by atoms with Gasteiger partial charge in [-0.2, -0.15) is 4.31 Å². The number of carbonyl (C=O) groups is 1. The van der Waals surface area contributed by atoms with E-state index in [1.807, 2.05) is 0 Å². The number of pyridine rings is 1. The summed E-state index contributed by atoms with van der Waals surface area (Å²) in [7, 11) is 1.03. The summed E-state index contributed by atoms with van der Waals surface area (Å²) in [4.78, 5) is 16.6. The molecule has 0 aliphatic rings. The Morgan fingerprint density at radius 2 is 1.69 bits per heavy atom. The predicted octanol–water partition coefficient (Wildman–Crippen LogP) is 2.55. The van der Waals surface area contributed by atoms with Crippen LogP contribution in [0.3, 0.4) is 0 Å². The number of nitrogens with zero attached hydrogens (tertiary/aromatic N) is 2. The molecule has 0 unspecified atom stereocenters. The average molecular weight is 484 g/mol. The highest BCUT2D eigenvalue weighted by molar-refractivity contribution is 7.99. The van der Waals surface area contributed by atoms with Crippen molar-refractivity contribution in [3.8, 4) is 17.2 Å². The van der Waals surface area contributed by atoms with Crippen LogP contribution in [0.4, 0.5) is 0 Å². The Morgan fingerprint density at radius 1 is 1.06 bits per heavy atom. The molecule has 1 aromatic carbocycles. The molecule has 2 aromatic rings. The maximum absolute atomic E-state index is 12.5. The fourth-order valence-electron chi connectivity index (χ4n) is 2.95. The molecule has 176 valence electrons. The van der Waals surface area contributed by atoms with E-state index >= 15 is 0 Å². The SMILES string of the molecule is CCN(CC)S(=O)(=O)c1ccc(SCC(=O)NCc2cc(OC)c(OC)c(OC)c2)nc1. The van der Waals surface area contributed by atoms with Crippen molar-refractivity contribution in [3.05, 3.63) is 36.0 Å². The first-order valence-electron chi connectivity index (χ1n) is 9.95. The lowest BCUT2D eigenvalue weighted by molar-refractivity contribution is -0.118. The highest BCUT2D eigenvalue weighted by Gasteiger charge is 2.22. The molecule has 0 aliphatic carbocycles. The predicted molar refractivity (Wildman–Crippen MR) is 123 cm³/mol. The van der Waals surface area contributed by atoms with Crippen molar-refractivity contribution >= 4 is 27.7 Å². The smallest absolute Gasteiger partial charge is 0.244 e. The van der Waals surface area contributed by atoms with Gasteiger partial charge in [0.25, 0.3) is 0 Å². The number of benzene rings is 1. The number of methoxy groups -OCH3 is 3. The van der Waals surface area contributed by atoms with E-state index in [0.29, 0.717) is 35.4 Å². The van der Waals surface area contributed by atoms with Gasteiger partial charge in [-0.3, -0.25) is 4.79 Å². The minimum absolute atomic E-state index is 0.136. The van der Waals surface area contributed by atoms with Gasteiger partial charge in [0.2, 0.25) is 21.7 Å². The summed E-state index contributed by atoms with van der Waals surface area (Å²) < 4.78 is 42.3. The molecule has 0 atom stereocenters. The minimum atomic E-state index is -3.55. The minimum Gasteiger partial charge on any atom is -0.493 e. The van der Waals surface area contributed by atoms with Crippen LogP contribution in [0.15, 0.2) is 40.4 Å². The molecule has 0 saturated carbocycles. The third kappa shape index (κ3) is 6.27. The molecule has 32 heavy (non-hydrogen) atoms. The molecule has 0 fully saturated rings. The molecule has 0 saturated heterocycles. The third-order valence-corrected chi connectivity index (χ3v) is 7.59. The van der Waals surface area contributed by atoms with Crippen molar-refractivity contribution in [1.29, 1.82) is 0 Å². The van der Waals surface area contributed by atoms with Crippen LogP contribution < -0.4 is 19.5 Å². The van der Waals surface area contributed by atoms with Crippen LogP contribution in [0.5, 0.6) is 17.2 Å². The molecular weight excluding hydrogens is 454 g/mol. The van der Waals surface area contributed by atoms with Crippen LogP contribution in [0.2, 0.25) is 0 Å². The number of amides is 1. The first kappa shape index (κ1) is 25.8. The van der Waals surface area contributed by atoms with Crippen LogP contribution in [0, 0.1) is 0 Å². The normalized spacial score (nSPS) is 11.3. The molecule has 11 heteroatoms. The van der Waals surface area contributed by atoms with Crippen molar-refractivity contribution in [2.75, 3.05) is 40.2 Å². The topological polar surface area (TPSA) is 107 Å². The number of hydrogen-bond donors (Lipinski definition) is 1. The van der Waals surface area contributed by atoms with Crippen molar-refractivity contribution < 1.29 is 27.4 Å². The summed E-state index contributed by atoms with van der Waals surface area (Å²) in [6.45, 7) is 4.64. The van der Waals surface area contributed by atoms with E-state index in [0.717, 1.165) is 5.56 Å². The van der Waals surface area contributed by atoms with Gasteiger partial charge >= 0.3 is 0 Å². The number of ether oxygens (including phenoxy) is 3. The van der Waals surface area contributed by atoms with Crippen LogP contribution in [0.1, 0.15) is 19.4 Å². The van der Waals surface area contributed by atoms with Crippen molar-refractivity contribution in [2.24, 2.45) is 0 Å². The average Bonchev–Trinajstić information content (AvgIpc) is 2.81. The van der Waals surface area contributed by atoms with E-state index in [1.165, 1.54) is 49.7 Å². The maximum Gasteiger partial charge on any atom is 0.244 e. The van der Waals surface area contributed by atoms with Gasteiger partial charge in [0, 0.05) is 25.8 Å². The highest BCUT2D eigenvalue weighted by Crippen LogP contribution is 2.38. The van der Waals surface area contributed by atoms with Crippen molar-refractivity contribution in [1.82, 2.24) is 14.6 Å². The Hall–Kier alpha value is -2.50. The second-order valence-corrected chi connectivity index (χ2v) is 9.45. The van der Waals surface area contributed by atoms with Crippen LogP contribution >= 0.6 is 11.8 Å². The van der Waals surface area contributed by atoms with Crippen molar-refractivity contribution in [3.63, 3.8) is 0 Å². The lowest BCUT2D eigenvalue weighted by Gasteiger charge is -2.18. The molecule has 0 bridgehead atoms. The number of hydrogen-bond acceptors (Lipinski definition) is 8. The lowest BCUT2D eigenvalue weighted by Crippen LogP contribution is -2.30. The van der Waals surface area contributed by atoms with Gasteiger partial charge in [0.05, 0.1) is 32.1 Å². The summed E-state index contributed by atoms with van der Waals surface area (Å²) >= 11 is 1.22. The zero-order chi connectivity index (χ0) is 23.7. The first-order valence-corrected chi connectivity index (χ1v) is 12.4. The zero-order valence-electron chi connectivity index (χ0n) is 18.9. The Kier molecular flexibility index (Phi) is 9.60. The summed E-state index contributed by atoms with van der Waals surface area (Å²) in [5.41, 5.74) is 0.793. The Balaban J connectivity index is 1.95. The van der Waals surface area contributed by atoms with Crippen LogP contribution in [-0.4, -0.2) is 63.8 Å². The van der Waals surface area contributed by atoms with Gasteiger partial charge in [-0.15, -0.1) is 0 Å². The van der Waals surface area contributed by atoms with E-state index < -0.39 is 10.0 Å². The second kappa shape index (κ2) is 11.9. The van der Waals surface area contributed by atoms with Gasteiger partial charge < -0.3 is 19.5 Å². The molecular formula is C21H29N3O6S2. The molecule has 0 aliphatic heterocycles. The Bertz CT molecular complexity index is 984. The van der Waals surface area contributed by atoms with Gasteiger partial charge in [0.1, 0.15) is 4.90 Å². The molecule has 1 amide bonds. The van der Waals surface area contributed by atoms with E-state index in [1.54, 1.807) is 32.0 Å². The highest BCUT2D eigenvalue weighted by atomic mass is 32.2. The van der Waals surface area contributed by atoms with E-state index in [-0.39, 0.29) is 23.1 Å². The molecule has 1 aromatic heterocycles. The largest absolute Gasteiger partial charge is 0.493 e.